The number of allylic oxidation sites excluding steroid dienone is 1. The smallest absolute Gasteiger partial charge is 0.355 e. The molecule has 3 rings (SSSR count). The molecule has 0 amide bonds. The van der Waals surface area contributed by atoms with Crippen LogP contribution in [0.1, 0.15) is 18.5 Å². The van der Waals surface area contributed by atoms with Crippen LogP contribution in [0.4, 0.5) is 11.6 Å². The summed E-state index contributed by atoms with van der Waals surface area (Å²) >= 11 is 0. The van der Waals surface area contributed by atoms with E-state index < -0.39 is 22.7 Å². The summed E-state index contributed by atoms with van der Waals surface area (Å²) in [5, 5.41) is 24.7. The molecule has 0 bridgehead atoms. The van der Waals surface area contributed by atoms with Crippen molar-refractivity contribution in [1.29, 1.82) is 0 Å². The number of aromatic nitrogens is 4. The minimum atomic E-state index is -0.821. The molecule has 1 aromatic carbocycles. The zero-order valence-corrected chi connectivity index (χ0v) is 13.2. The van der Waals surface area contributed by atoms with Crippen LogP contribution in [0.2, 0.25) is 0 Å². The van der Waals surface area contributed by atoms with Gasteiger partial charge in [-0.2, -0.15) is 4.68 Å². The van der Waals surface area contributed by atoms with Gasteiger partial charge in [-0.05, 0) is 35.0 Å². The number of esters is 1. The summed E-state index contributed by atoms with van der Waals surface area (Å²) in [4.78, 5) is 34.6. The number of methoxy groups -OCH3 is 1. The largest absolute Gasteiger partial charge is 0.464 e. The Balaban J connectivity index is 2.20. The SMILES string of the molecule is COC(=O)C1=C(C(C)=O)C(c2ccc([N+](=O)[O-])cc2)n2nnnc2N1. The number of benzene rings is 1. The fourth-order valence-electron chi connectivity index (χ4n) is 2.61. The Bertz CT molecular complexity index is 901. The van der Waals surface area contributed by atoms with Crippen LogP contribution in [0, 0.1) is 10.1 Å². The van der Waals surface area contributed by atoms with Crippen molar-refractivity contribution in [3.63, 3.8) is 0 Å². The van der Waals surface area contributed by atoms with Crippen LogP contribution in [-0.4, -0.2) is 44.0 Å². The Hall–Kier alpha value is -3.63. The number of carbonyl (C=O) groups excluding carboxylic acids is 2. The molecule has 1 unspecified atom stereocenters. The summed E-state index contributed by atoms with van der Waals surface area (Å²) in [5.41, 5.74) is 0.435. The number of rotatable bonds is 4. The number of tetrazole rings is 1. The summed E-state index contributed by atoms with van der Waals surface area (Å²) in [7, 11) is 1.19. The number of hydrogen-bond donors (Lipinski definition) is 1. The first-order valence-electron chi connectivity index (χ1n) is 7.06. The molecule has 0 aliphatic carbocycles. The van der Waals surface area contributed by atoms with Gasteiger partial charge in [-0.25, -0.2) is 4.79 Å². The summed E-state index contributed by atoms with van der Waals surface area (Å²) in [6, 6.07) is 4.75. The van der Waals surface area contributed by atoms with E-state index in [1.165, 1.54) is 43.0 Å². The van der Waals surface area contributed by atoms with Crippen molar-refractivity contribution in [3.05, 3.63) is 51.2 Å². The van der Waals surface area contributed by atoms with E-state index in [9.17, 15) is 19.7 Å². The van der Waals surface area contributed by atoms with Gasteiger partial charge in [0.2, 0.25) is 5.95 Å². The van der Waals surface area contributed by atoms with Gasteiger partial charge in [0.25, 0.3) is 5.69 Å². The number of Topliss-reactive ketones (excluding diaryl/α,β-unsaturated/α-hetero) is 1. The standard InChI is InChI=1S/C14H12N6O5/c1-7(21)10-11(13(22)25-2)15-14-16-17-18-19(14)12(10)8-3-5-9(6-4-8)20(23)24/h3-6,12H,1-2H3,(H,15,16,18). The fraction of sp³-hybridized carbons (Fsp3) is 0.214. The number of nitro groups is 1. The molecule has 0 saturated carbocycles. The molecule has 1 aromatic heterocycles. The Labute approximate surface area is 140 Å². The monoisotopic (exact) mass is 344 g/mol. The van der Waals surface area contributed by atoms with E-state index in [4.69, 9.17) is 4.74 Å². The average Bonchev–Trinajstić information content (AvgIpc) is 3.07. The van der Waals surface area contributed by atoms with Crippen molar-refractivity contribution >= 4 is 23.4 Å². The van der Waals surface area contributed by atoms with E-state index in [1.54, 1.807) is 0 Å². The summed E-state index contributed by atoms with van der Waals surface area (Å²) in [6.07, 6.45) is 0. The molecule has 0 radical (unpaired) electrons. The number of carbonyl (C=O) groups is 2. The van der Waals surface area contributed by atoms with E-state index in [1.807, 2.05) is 0 Å². The van der Waals surface area contributed by atoms with Gasteiger partial charge in [0, 0.05) is 12.1 Å². The molecule has 0 spiro atoms. The van der Waals surface area contributed by atoms with Crippen molar-refractivity contribution < 1.29 is 19.2 Å². The molecule has 2 aromatic rings. The van der Waals surface area contributed by atoms with Gasteiger partial charge in [0.1, 0.15) is 11.7 Å². The van der Waals surface area contributed by atoms with E-state index in [0.29, 0.717) is 5.56 Å². The summed E-state index contributed by atoms with van der Waals surface area (Å²) < 4.78 is 6.04. The van der Waals surface area contributed by atoms with E-state index >= 15 is 0 Å². The highest BCUT2D eigenvalue weighted by Crippen LogP contribution is 2.35. The van der Waals surface area contributed by atoms with Crippen molar-refractivity contribution in [2.24, 2.45) is 0 Å². The third-order valence-corrected chi connectivity index (χ3v) is 3.71. The van der Waals surface area contributed by atoms with Crippen molar-refractivity contribution in [2.45, 2.75) is 13.0 Å². The molecular weight excluding hydrogens is 332 g/mol. The lowest BCUT2D eigenvalue weighted by molar-refractivity contribution is -0.384. The lowest BCUT2D eigenvalue weighted by Crippen LogP contribution is -2.32. The fourth-order valence-corrected chi connectivity index (χ4v) is 2.61. The second-order valence-electron chi connectivity index (χ2n) is 5.16. The molecule has 0 saturated heterocycles. The lowest BCUT2D eigenvalue weighted by atomic mass is 9.92. The summed E-state index contributed by atoms with van der Waals surface area (Å²) in [5.74, 6) is -0.988. The van der Waals surface area contributed by atoms with E-state index in [2.05, 4.69) is 20.8 Å². The van der Waals surface area contributed by atoms with Gasteiger partial charge in [-0.3, -0.25) is 14.9 Å². The number of non-ortho nitro benzene ring substituents is 1. The molecule has 0 fully saturated rings. The third kappa shape index (κ3) is 2.71. The number of nitrogens with one attached hydrogen (secondary N) is 1. The molecule has 1 N–H and O–H groups in total. The van der Waals surface area contributed by atoms with Crippen LogP contribution < -0.4 is 5.32 Å². The first kappa shape index (κ1) is 16.2. The van der Waals surface area contributed by atoms with Crippen LogP contribution in [0.3, 0.4) is 0 Å². The molecule has 1 atom stereocenters. The first-order valence-corrected chi connectivity index (χ1v) is 7.06. The van der Waals surface area contributed by atoms with Crippen LogP contribution in [0.5, 0.6) is 0 Å². The van der Waals surface area contributed by atoms with E-state index in [-0.39, 0.29) is 22.9 Å². The maximum atomic E-state index is 12.2. The number of nitro benzene ring substituents is 1. The Kier molecular flexibility index (Phi) is 3.97. The molecule has 11 heteroatoms. The maximum Gasteiger partial charge on any atom is 0.355 e. The van der Waals surface area contributed by atoms with Crippen molar-refractivity contribution in [3.8, 4) is 0 Å². The molecule has 1 aliphatic heterocycles. The lowest BCUT2D eigenvalue weighted by Gasteiger charge is -2.27. The third-order valence-electron chi connectivity index (χ3n) is 3.71. The van der Waals surface area contributed by atoms with Gasteiger partial charge in [0.15, 0.2) is 5.78 Å². The van der Waals surface area contributed by atoms with Crippen LogP contribution >= 0.6 is 0 Å². The van der Waals surface area contributed by atoms with Crippen LogP contribution in [-0.2, 0) is 14.3 Å². The molecule has 128 valence electrons. The molecule has 11 nitrogen and oxygen atoms in total. The molecule has 25 heavy (non-hydrogen) atoms. The Morgan fingerprint density at radius 1 is 1.32 bits per heavy atom. The topological polar surface area (TPSA) is 142 Å². The quantitative estimate of drug-likeness (QED) is 0.479. The van der Waals surface area contributed by atoms with Gasteiger partial charge in [0.05, 0.1) is 17.6 Å². The number of fused-ring (bicyclic) bond motifs is 1. The van der Waals surface area contributed by atoms with Crippen molar-refractivity contribution in [1.82, 2.24) is 20.2 Å². The first-order chi connectivity index (χ1) is 11.9. The van der Waals surface area contributed by atoms with Crippen molar-refractivity contribution in [2.75, 3.05) is 12.4 Å². The summed E-state index contributed by atoms with van der Waals surface area (Å²) in [6.45, 7) is 1.30. The second-order valence-corrected chi connectivity index (χ2v) is 5.16. The van der Waals surface area contributed by atoms with Gasteiger partial charge < -0.3 is 10.1 Å². The molecular formula is C14H12N6O5. The van der Waals surface area contributed by atoms with Gasteiger partial charge in [-0.15, -0.1) is 0 Å². The highest BCUT2D eigenvalue weighted by Gasteiger charge is 2.36. The number of hydrogen-bond acceptors (Lipinski definition) is 9. The van der Waals surface area contributed by atoms with Gasteiger partial charge in [-0.1, -0.05) is 5.10 Å². The van der Waals surface area contributed by atoms with Crippen LogP contribution in [0.15, 0.2) is 35.5 Å². The molecule has 2 heterocycles. The van der Waals surface area contributed by atoms with E-state index in [0.717, 1.165) is 0 Å². The number of anilines is 1. The number of ether oxygens (including phenoxy) is 1. The zero-order chi connectivity index (χ0) is 18.1. The predicted molar refractivity (Wildman–Crippen MR) is 82.4 cm³/mol. The zero-order valence-electron chi connectivity index (χ0n) is 13.2. The number of nitrogens with zero attached hydrogens (tertiary/aromatic N) is 5. The molecule has 1 aliphatic rings. The average molecular weight is 344 g/mol. The Morgan fingerprint density at radius 2 is 2.00 bits per heavy atom. The minimum absolute atomic E-state index is 0.0688. The maximum absolute atomic E-state index is 12.2. The minimum Gasteiger partial charge on any atom is -0.464 e. The number of ketones is 1. The van der Waals surface area contributed by atoms with Crippen LogP contribution in [0.25, 0.3) is 0 Å². The highest BCUT2D eigenvalue weighted by molar-refractivity contribution is 6.05. The van der Waals surface area contributed by atoms with Gasteiger partial charge >= 0.3 is 5.97 Å². The predicted octanol–water partition coefficient (Wildman–Crippen LogP) is 0.612. The highest BCUT2D eigenvalue weighted by atomic mass is 16.6. The Morgan fingerprint density at radius 3 is 2.56 bits per heavy atom. The normalized spacial score (nSPS) is 16.0. The second kappa shape index (κ2) is 6.11.